The van der Waals surface area contributed by atoms with Gasteiger partial charge < -0.3 is 5.32 Å². The maximum Gasteiger partial charge on any atom is 0.217 e. The van der Waals surface area contributed by atoms with E-state index in [1.165, 1.54) is 23.6 Å². The molecule has 1 amide bonds. The summed E-state index contributed by atoms with van der Waals surface area (Å²) in [4.78, 5) is 10.6. The molecule has 1 N–H and O–H groups in total. The third-order valence-corrected chi connectivity index (χ3v) is 2.30. The number of rotatable bonds is 3. The highest BCUT2D eigenvalue weighted by atomic mass is 16.1. The summed E-state index contributed by atoms with van der Waals surface area (Å²) in [5.74, 6) is 0.00107. The first kappa shape index (κ1) is 11.5. The van der Waals surface area contributed by atoms with E-state index in [2.05, 4.69) is 43.4 Å². The van der Waals surface area contributed by atoms with Crippen LogP contribution in [0.3, 0.4) is 0 Å². The minimum absolute atomic E-state index is 0.00107. The summed E-state index contributed by atoms with van der Waals surface area (Å²) in [6.45, 7) is 6.28. The summed E-state index contributed by atoms with van der Waals surface area (Å²) < 4.78 is 0. The first-order valence-electron chi connectivity index (χ1n) is 5.08. The maximum atomic E-state index is 10.6. The molecule has 0 spiro atoms. The molecule has 1 rings (SSSR count). The van der Waals surface area contributed by atoms with Crippen LogP contribution in [0.25, 0.3) is 6.08 Å². The molecule has 1 aromatic carbocycles. The van der Waals surface area contributed by atoms with E-state index in [0.717, 1.165) is 0 Å². The van der Waals surface area contributed by atoms with Gasteiger partial charge in [0.1, 0.15) is 0 Å². The smallest absolute Gasteiger partial charge is 0.217 e. The van der Waals surface area contributed by atoms with Crippen molar-refractivity contribution in [3.05, 3.63) is 41.0 Å². The standard InChI is InChI=1S/C13H17NO/c1-10-6-4-7-11(2)13(10)8-5-9-14-12(3)15/h4-8H,9H2,1-3H3,(H,14,15). The molecule has 0 saturated heterocycles. The first-order chi connectivity index (χ1) is 7.11. The van der Waals surface area contributed by atoms with Crippen LogP contribution in [-0.4, -0.2) is 12.5 Å². The van der Waals surface area contributed by atoms with Crippen molar-refractivity contribution >= 4 is 12.0 Å². The molecule has 2 nitrogen and oxygen atoms in total. The number of aryl methyl sites for hydroxylation is 2. The van der Waals surface area contributed by atoms with Crippen LogP contribution < -0.4 is 5.32 Å². The summed E-state index contributed by atoms with van der Waals surface area (Å²) in [6.07, 6.45) is 4.03. The Bertz CT molecular complexity index is 360. The van der Waals surface area contributed by atoms with Gasteiger partial charge in [0.2, 0.25) is 5.91 Å². The predicted molar refractivity (Wildman–Crippen MR) is 63.6 cm³/mol. The van der Waals surface area contributed by atoms with E-state index in [1.54, 1.807) is 0 Å². The number of benzene rings is 1. The predicted octanol–water partition coefficient (Wildman–Crippen LogP) is 2.45. The van der Waals surface area contributed by atoms with Crippen molar-refractivity contribution in [2.75, 3.05) is 6.54 Å². The molecule has 0 aliphatic carbocycles. The second-order valence-corrected chi connectivity index (χ2v) is 3.64. The van der Waals surface area contributed by atoms with Crippen molar-refractivity contribution in [2.24, 2.45) is 0 Å². The molecular weight excluding hydrogens is 186 g/mol. The topological polar surface area (TPSA) is 29.1 Å². The number of amides is 1. The van der Waals surface area contributed by atoms with Crippen LogP contribution >= 0.6 is 0 Å². The summed E-state index contributed by atoms with van der Waals surface area (Å²) in [5, 5.41) is 2.73. The monoisotopic (exact) mass is 203 g/mol. The molecule has 0 atom stereocenters. The van der Waals surface area contributed by atoms with Gasteiger partial charge in [-0.25, -0.2) is 0 Å². The molecule has 2 heteroatoms. The highest BCUT2D eigenvalue weighted by Crippen LogP contribution is 2.14. The third-order valence-electron chi connectivity index (χ3n) is 2.30. The fourth-order valence-electron chi connectivity index (χ4n) is 1.47. The largest absolute Gasteiger partial charge is 0.353 e. The molecule has 0 unspecified atom stereocenters. The lowest BCUT2D eigenvalue weighted by Gasteiger charge is -2.04. The zero-order valence-corrected chi connectivity index (χ0v) is 9.50. The lowest BCUT2D eigenvalue weighted by Crippen LogP contribution is -2.19. The van der Waals surface area contributed by atoms with Gasteiger partial charge in [0, 0.05) is 13.5 Å². The minimum Gasteiger partial charge on any atom is -0.353 e. The Balaban J connectivity index is 2.67. The SMILES string of the molecule is CC(=O)NCC=Cc1c(C)cccc1C. The molecule has 15 heavy (non-hydrogen) atoms. The Labute approximate surface area is 91.0 Å². The Kier molecular flexibility index (Phi) is 4.10. The van der Waals surface area contributed by atoms with Crippen LogP contribution in [0, 0.1) is 13.8 Å². The van der Waals surface area contributed by atoms with E-state index < -0.39 is 0 Å². The molecule has 0 saturated carbocycles. The van der Waals surface area contributed by atoms with Crippen molar-refractivity contribution in [1.29, 1.82) is 0 Å². The Morgan fingerprint density at radius 1 is 1.33 bits per heavy atom. The van der Waals surface area contributed by atoms with Crippen molar-refractivity contribution in [1.82, 2.24) is 5.32 Å². The van der Waals surface area contributed by atoms with Crippen molar-refractivity contribution in [3.8, 4) is 0 Å². The van der Waals surface area contributed by atoms with E-state index in [1.807, 2.05) is 6.08 Å². The molecular formula is C13H17NO. The minimum atomic E-state index is 0.00107. The molecule has 0 radical (unpaired) electrons. The fraction of sp³-hybridized carbons (Fsp3) is 0.308. The number of carbonyl (C=O) groups excluding carboxylic acids is 1. The Hall–Kier alpha value is -1.57. The van der Waals surface area contributed by atoms with Gasteiger partial charge in [-0.2, -0.15) is 0 Å². The zero-order valence-electron chi connectivity index (χ0n) is 9.50. The molecule has 1 aromatic rings. The third kappa shape index (κ3) is 3.58. The van der Waals surface area contributed by atoms with Crippen molar-refractivity contribution < 1.29 is 4.79 Å². The number of hydrogen-bond acceptors (Lipinski definition) is 1. The van der Waals surface area contributed by atoms with Gasteiger partial charge in [-0.05, 0) is 30.5 Å². The lowest BCUT2D eigenvalue weighted by molar-refractivity contribution is -0.118. The quantitative estimate of drug-likeness (QED) is 0.803. The van der Waals surface area contributed by atoms with E-state index in [4.69, 9.17) is 0 Å². The second-order valence-electron chi connectivity index (χ2n) is 3.64. The van der Waals surface area contributed by atoms with Crippen molar-refractivity contribution in [3.63, 3.8) is 0 Å². The van der Waals surface area contributed by atoms with Crippen LogP contribution in [0.1, 0.15) is 23.6 Å². The van der Waals surface area contributed by atoms with Gasteiger partial charge in [0.25, 0.3) is 0 Å². The highest BCUT2D eigenvalue weighted by Gasteiger charge is 1.96. The van der Waals surface area contributed by atoms with Crippen LogP contribution in [0.15, 0.2) is 24.3 Å². The van der Waals surface area contributed by atoms with E-state index >= 15 is 0 Å². The van der Waals surface area contributed by atoms with Gasteiger partial charge in [-0.1, -0.05) is 30.4 Å². The lowest BCUT2D eigenvalue weighted by atomic mass is 10.0. The highest BCUT2D eigenvalue weighted by molar-refractivity contribution is 5.73. The van der Waals surface area contributed by atoms with Gasteiger partial charge in [-0.15, -0.1) is 0 Å². The molecule has 0 aliphatic heterocycles. The van der Waals surface area contributed by atoms with Gasteiger partial charge in [0.05, 0.1) is 0 Å². The summed E-state index contributed by atoms with van der Waals surface area (Å²) in [5.41, 5.74) is 3.76. The molecule has 0 aromatic heterocycles. The van der Waals surface area contributed by atoms with Crippen molar-refractivity contribution in [2.45, 2.75) is 20.8 Å². The zero-order chi connectivity index (χ0) is 11.3. The average Bonchev–Trinajstić information content (AvgIpc) is 2.15. The molecule has 80 valence electrons. The normalized spacial score (nSPS) is 10.6. The van der Waals surface area contributed by atoms with Crippen LogP contribution in [0.5, 0.6) is 0 Å². The van der Waals surface area contributed by atoms with Crippen LogP contribution in [0.2, 0.25) is 0 Å². The van der Waals surface area contributed by atoms with E-state index in [0.29, 0.717) is 6.54 Å². The van der Waals surface area contributed by atoms with E-state index in [-0.39, 0.29) is 5.91 Å². The van der Waals surface area contributed by atoms with Gasteiger partial charge in [0.15, 0.2) is 0 Å². The first-order valence-corrected chi connectivity index (χ1v) is 5.08. The fourth-order valence-corrected chi connectivity index (χ4v) is 1.47. The Morgan fingerprint density at radius 2 is 1.93 bits per heavy atom. The Morgan fingerprint density at radius 3 is 2.47 bits per heavy atom. The number of hydrogen-bond donors (Lipinski definition) is 1. The molecule has 0 bridgehead atoms. The number of carbonyl (C=O) groups is 1. The van der Waals surface area contributed by atoms with Gasteiger partial charge >= 0.3 is 0 Å². The summed E-state index contributed by atoms with van der Waals surface area (Å²) in [7, 11) is 0. The maximum absolute atomic E-state index is 10.6. The number of nitrogens with one attached hydrogen (secondary N) is 1. The van der Waals surface area contributed by atoms with Crippen LogP contribution in [0.4, 0.5) is 0 Å². The van der Waals surface area contributed by atoms with Gasteiger partial charge in [-0.3, -0.25) is 4.79 Å². The van der Waals surface area contributed by atoms with Crippen LogP contribution in [-0.2, 0) is 4.79 Å². The molecule has 0 heterocycles. The average molecular weight is 203 g/mol. The second kappa shape index (κ2) is 5.35. The summed E-state index contributed by atoms with van der Waals surface area (Å²) >= 11 is 0. The molecule has 0 fully saturated rings. The molecule has 0 aliphatic rings. The van der Waals surface area contributed by atoms with E-state index in [9.17, 15) is 4.79 Å². The summed E-state index contributed by atoms with van der Waals surface area (Å²) in [6, 6.07) is 6.23.